The smallest absolute Gasteiger partial charge is 0.303 e. The van der Waals surface area contributed by atoms with Gasteiger partial charge in [-0.15, -0.1) is 0 Å². The molecule has 184 valence electrons. The number of carboxylic acid groups (broad SMARTS) is 1. The van der Waals surface area contributed by atoms with Crippen molar-refractivity contribution in [2.45, 2.75) is 25.9 Å². The van der Waals surface area contributed by atoms with E-state index in [2.05, 4.69) is 22.1 Å². The fourth-order valence-corrected chi connectivity index (χ4v) is 4.41. The fraction of sp³-hybridized carbons (Fsp3) is 0.125. The molecule has 0 bridgehead atoms. The molecule has 2 heterocycles. The fourth-order valence-electron chi connectivity index (χ4n) is 4.41. The van der Waals surface area contributed by atoms with Gasteiger partial charge in [0.15, 0.2) is 0 Å². The number of rotatable bonds is 10. The molecule has 0 saturated heterocycles. The molecule has 0 unspecified atom stereocenters. The van der Waals surface area contributed by atoms with Gasteiger partial charge in [-0.25, -0.2) is 0 Å². The zero-order valence-electron chi connectivity index (χ0n) is 20.4. The summed E-state index contributed by atoms with van der Waals surface area (Å²) >= 11 is 0. The Morgan fingerprint density at radius 3 is 2.14 bits per heavy atom. The number of nitrogens with one attached hydrogen (secondary N) is 1. The van der Waals surface area contributed by atoms with Crippen LogP contribution in [0.4, 0.5) is 0 Å². The Morgan fingerprint density at radius 2 is 1.49 bits per heavy atom. The Balaban J connectivity index is 1.24. The van der Waals surface area contributed by atoms with Crippen LogP contribution < -0.4 is 4.74 Å². The Kier molecular flexibility index (Phi) is 7.42. The first-order valence-electron chi connectivity index (χ1n) is 12.3. The van der Waals surface area contributed by atoms with Gasteiger partial charge in [0, 0.05) is 47.6 Å². The van der Waals surface area contributed by atoms with Crippen molar-refractivity contribution in [2.75, 3.05) is 0 Å². The predicted molar refractivity (Wildman–Crippen MR) is 145 cm³/mol. The highest BCUT2D eigenvalue weighted by atomic mass is 16.5. The lowest BCUT2D eigenvalue weighted by molar-refractivity contribution is -0.136. The van der Waals surface area contributed by atoms with E-state index >= 15 is 0 Å². The van der Waals surface area contributed by atoms with Crippen LogP contribution in [0, 0.1) is 0 Å². The van der Waals surface area contributed by atoms with Crippen LogP contribution in [0.5, 0.6) is 5.75 Å². The van der Waals surface area contributed by atoms with Crippen LogP contribution in [0.3, 0.4) is 0 Å². The van der Waals surface area contributed by atoms with Crippen molar-refractivity contribution < 1.29 is 14.6 Å². The van der Waals surface area contributed by atoms with Crippen LogP contribution in [0.1, 0.15) is 28.8 Å². The normalized spacial score (nSPS) is 10.8. The molecule has 37 heavy (non-hydrogen) atoms. The topological polar surface area (TPSA) is 75.2 Å². The molecule has 5 nitrogen and oxygen atoms in total. The van der Waals surface area contributed by atoms with E-state index in [4.69, 9.17) is 4.74 Å². The van der Waals surface area contributed by atoms with E-state index in [1.54, 1.807) is 0 Å². The molecule has 0 saturated carbocycles. The maximum absolute atomic E-state index is 11.3. The summed E-state index contributed by atoms with van der Waals surface area (Å²) in [6.07, 6.45) is 5.10. The average Bonchev–Trinajstić information content (AvgIpc) is 3.35. The summed E-state index contributed by atoms with van der Waals surface area (Å²) in [7, 11) is 0. The first-order valence-corrected chi connectivity index (χ1v) is 12.3. The summed E-state index contributed by atoms with van der Waals surface area (Å²) in [5.41, 5.74) is 8.40. The number of aromatic nitrogens is 2. The molecule has 2 N–H and O–H groups in total. The second-order valence-corrected chi connectivity index (χ2v) is 8.95. The molecule has 3 aromatic carbocycles. The molecule has 5 aromatic rings. The first-order chi connectivity index (χ1) is 18.2. The second kappa shape index (κ2) is 11.4. The third-order valence-corrected chi connectivity index (χ3v) is 6.36. The average molecular weight is 489 g/mol. The van der Waals surface area contributed by atoms with Gasteiger partial charge in [-0.1, -0.05) is 78.9 Å². The lowest BCUT2D eigenvalue weighted by Crippen LogP contribution is -2.01. The van der Waals surface area contributed by atoms with Gasteiger partial charge < -0.3 is 14.8 Å². The summed E-state index contributed by atoms with van der Waals surface area (Å²) in [4.78, 5) is 19.2. The van der Waals surface area contributed by atoms with Crippen LogP contribution >= 0.6 is 0 Å². The number of aliphatic carboxylic acids is 1. The van der Waals surface area contributed by atoms with Gasteiger partial charge in [-0.2, -0.15) is 0 Å². The lowest BCUT2D eigenvalue weighted by Gasteiger charge is -2.10. The van der Waals surface area contributed by atoms with Crippen molar-refractivity contribution in [3.8, 4) is 28.1 Å². The maximum Gasteiger partial charge on any atom is 0.303 e. The van der Waals surface area contributed by atoms with E-state index in [1.807, 2.05) is 97.3 Å². The van der Waals surface area contributed by atoms with Gasteiger partial charge in [-0.3, -0.25) is 9.78 Å². The molecule has 0 radical (unpaired) electrons. The van der Waals surface area contributed by atoms with Gasteiger partial charge in [0.25, 0.3) is 0 Å². The van der Waals surface area contributed by atoms with Crippen LogP contribution in [-0.2, 0) is 24.2 Å². The van der Waals surface area contributed by atoms with E-state index in [1.165, 1.54) is 0 Å². The molecule has 0 fully saturated rings. The molecular weight excluding hydrogens is 460 g/mol. The Morgan fingerprint density at radius 1 is 0.811 bits per heavy atom. The van der Waals surface area contributed by atoms with Gasteiger partial charge in [0.2, 0.25) is 0 Å². The number of H-pyrrole nitrogens is 1. The van der Waals surface area contributed by atoms with Crippen LogP contribution in [0.2, 0.25) is 0 Å². The highest BCUT2D eigenvalue weighted by molar-refractivity contribution is 5.71. The quantitative estimate of drug-likeness (QED) is 0.223. The summed E-state index contributed by atoms with van der Waals surface area (Å²) in [6.45, 7) is 0.442. The molecule has 5 rings (SSSR count). The molecule has 5 heteroatoms. The third kappa shape index (κ3) is 6.14. The third-order valence-electron chi connectivity index (χ3n) is 6.36. The van der Waals surface area contributed by atoms with Crippen molar-refractivity contribution in [1.29, 1.82) is 0 Å². The number of hydrogen-bond acceptors (Lipinski definition) is 3. The molecule has 0 amide bonds. The largest absolute Gasteiger partial charge is 0.489 e. The van der Waals surface area contributed by atoms with Crippen molar-refractivity contribution in [2.24, 2.45) is 0 Å². The second-order valence-electron chi connectivity index (χ2n) is 8.95. The summed E-state index contributed by atoms with van der Waals surface area (Å²) in [5, 5.41) is 9.26. The van der Waals surface area contributed by atoms with Crippen molar-refractivity contribution in [1.82, 2.24) is 9.97 Å². The monoisotopic (exact) mass is 488 g/mol. The summed E-state index contributed by atoms with van der Waals surface area (Å²) < 4.78 is 5.98. The van der Waals surface area contributed by atoms with Gasteiger partial charge in [-0.05, 0) is 41.3 Å². The van der Waals surface area contributed by atoms with Crippen molar-refractivity contribution in [3.05, 3.63) is 132 Å². The maximum atomic E-state index is 11.3. The number of carboxylic acids is 1. The van der Waals surface area contributed by atoms with Crippen molar-refractivity contribution in [3.63, 3.8) is 0 Å². The molecular formula is C32H28N2O3. The number of aromatic amines is 1. The Hall–Kier alpha value is -4.64. The number of benzene rings is 3. The summed E-state index contributed by atoms with van der Waals surface area (Å²) in [6, 6.07) is 32.3. The number of carbonyl (C=O) groups is 1. The van der Waals surface area contributed by atoms with Crippen LogP contribution in [0.15, 0.2) is 109 Å². The SMILES string of the molecule is O=C(O)CCc1c(-c2ccccc2)c[nH]c1Cc1ccc(OCc2ccc(-c3ccccc3)nc2)cc1. The summed E-state index contributed by atoms with van der Waals surface area (Å²) in [5.74, 6) is -0.00369. The van der Waals surface area contributed by atoms with Gasteiger partial charge in [0.05, 0.1) is 5.69 Å². The number of pyridine rings is 1. The minimum Gasteiger partial charge on any atom is -0.489 e. The van der Waals surface area contributed by atoms with Gasteiger partial charge in [0.1, 0.15) is 12.4 Å². The Bertz CT molecular complexity index is 1440. The molecule has 2 aromatic heterocycles. The van der Waals surface area contributed by atoms with E-state index in [-0.39, 0.29) is 6.42 Å². The highest BCUT2D eigenvalue weighted by Crippen LogP contribution is 2.29. The van der Waals surface area contributed by atoms with Crippen LogP contribution in [0.25, 0.3) is 22.4 Å². The minimum absolute atomic E-state index is 0.0959. The van der Waals surface area contributed by atoms with E-state index in [0.717, 1.165) is 50.5 Å². The lowest BCUT2D eigenvalue weighted by atomic mass is 9.97. The zero-order chi connectivity index (χ0) is 25.5. The van der Waals surface area contributed by atoms with E-state index < -0.39 is 5.97 Å². The predicted octanol–water partition coefficient (Wildman–Crippen LogP) is 6.93. The Labute approximate surface area is 216 Å². The van der Waals surface area contributed by atoms with Gasteiger partial charge >= 0.3 is 5.97 Å². The number of ether oxygens (including phenoxy) is 1. The molecule has 0 atom stereocenters. The van der Waals surface area contributed by atoms with E-state index in [0.29, 0.717) is 19.4 Å². The van der Waals surface area contributed by atoms with Crippen molar-refractivity contribution >= 4 is 5.97 Å². The zero-order valence-corrected chi connectivity index (χ0v) is 20.4. The standard InChI is InChI=1S/C32H28N2O3/c35-32(36)18-16-28-29(25-7-3-1-4-8-25)21-34-31(28)19-23-11-14-27(15-12-23)37-22-24-13-17-30(33-20-24)26-9-5-2-6-10-26/h1-15,17,20-21,34H,16,18-19,22H2,(H,35,36). The van der Waals surface area contributed by atoms with E-state index in [9.17, 15) is 9.90 Å². The molecule has 0 spiro atoms. The minimum atomic E-state index is -0.794. The highest BCUT2D eigenvalue weighted by Gasteiger charge is 2.15. The number of hydrogen-bond donors (Lipinski definition) is 2. The molecule has 0 aliphatic heterocycles. The van der Waals surface area contributed by atoms with Crippen LogP contribution in [-0.4, -0.2) is 21.0 Å². The molecule has 0 aliphatic carbocycles. The molecule has 0 aliphatic rings. The first kappa shape index (κ1) is 24.1. The number of nitrogens with zero attached hydrogens (tertiary/aromatic N) is 1.